The summed E-state index contributed by atoms with van der Waals surface area (Å²) in [6.45, 7) is 9.21. The average Bonchev–Trinajstić information content (AvgIpc) is 3.06. The van der Waals surface area contributed by atoms with Gasteiger partial charge in [0.15, 0.2) is 0 Å². The standard InChI is InChI=1S/C21H24BNO2/c1-20(2)21(3,4)25-22(24-20)18-11-10-17-12-13-23(19(17)14-18)15-16-8-6-5-7-9-16/h5-14H,15H2,1-4H3. The third-order valence-corrected chi connectivity index (χ3v) is 5.52. The molecule has 0 spiro atoms. The van der Waals surface area contributed by atoms with Gasteiger partial charge in [-0.05, 0) is 56.2 Å². The van der Waals surface area contributed by atoms with Gasteiger partial charge in [0.05, 0.1) is 11.2 Å². The number of fused-ring (bicyclic) bond motifs is 1. The summed E-state index contributed by atoms with van der Waals surface area (Å²) in [5, 5.41) is 1.23. The molecular formula is C21H24BNO2. The van der Waals surface area contributed by atoms with Gasteiger partial charge in [-0.1, -0.05) is 42.5 Å². The maximum Gasteiger partial charge on any atom is 0.494 e. The van der Waals surface area contributed by atoms with Gasteiger partial charge in [-0.3, -0.25) is 0 Å². The molecule has 0 amide bonds. The van der Waals surface area contributed by atoms with E-state index in [1.165, 1.54) is 16.5 Å². The lowest BCUT2D eigenvalue weighted by Gasteiger charge is -2.32. The maximum atomic E-state index is 6.20. The molecule has 3 aromatic rings. The van der Waals surface area contributed by atoms with Crippen LogP contribution in [0, 0.1) is 0 Å². The fraction of sp³-hybridized carbons (Fsp3) is 0.333. The highest BCUT2D eigenvalue weighted by Crippen LogP contribution is 2.36. The monoisotopic (exact) mass is 333 g/mol. The van der Waals surface area contributed by atoms with Crippen molar-refractivity contribution in [3.05, 3.63) is 66.4 Å². The molecule has 0 unspecified atom stereocenters. The van der Waals surface area contributed by atoms with Gasteiger partial charge in [0.1, 0.15) is 0 Å². The zero-order chi connectivity index (χ0) is 17.7. The van der Waals surface area contributed by atoms with E-state index in [-0.39, 0.29) is 18.3 Å². The second-order valence-corrected chi connectivity index (χ2v) is 7.84. The molecule has 4 heteroatoms. The van der Waals surface area contributed by atoms with Gasteiger partial charge in [0.2, 0.25) is 0 Å². The van der Waals surface area contributed by atoms with Crippen LogP contribution in [-0.2, 0) is 15.9 Å². The molecule has 0 saturated carbocycles. The van der Waals surface area contributed by atoms with E-state index in [2.05, 4.69) is 87.0 Å². The number of rotatable bonds is 3. The van der Waals surface area contributed by atoms with E-state index in [4.69, 9.17) is 9.31 Å². The Morgan fingerprint density at radius 1 is 0.880 bits per heavy atom. The van der Waals surface area contributed by atoms with Crippen LogP contribution in [0.1, 0.15) is 33.3 Å². The van der Waals surface area contributed by atoms with E-state index in [1.54, 1.807) is 0 Å². The third kappa shape index (κ3) is 2.90. The number of benzene rings is 2. The van der Waals surface area contributed by atoms with Gasteiger partial charge < -0.3 is 13.9 Å². The predicted molar refractivity (Wildman–Crippen MR) is 103 cm³/mol. The molecule has 1 saturated heterocycles. The Bertz CT molecular complexity index is 883. The molecule has 3 nitrogen and oxygen atoms in total. The van der Waals surface area contributed by atoms with E-state index in [0.717, 1.165) is 12.0 Å². The Balaban J connectivity index is 1.67. The first kappa shape index (κ1) is 16.4. The van der Waals surface area contributed by atoms with Crippen molar-refractivity contribution in [3.63, 3.8) is 0 Å². The van der Waals surface area contributed by atoms with Gasteiger partial charge in [-0.25, -0.2) is 0 Å². The second kappa shape index (κ2) is 5.75. The first-order valence-electron chi connectivity index (χ1n) is 8.84. The first-order chi connectivity index (χ1) is 11.9. The molecule has 1 aliphatic heterocycles. The van der Waals surface area contributed by atoms with Crippen LogP contribution in [-0.4, -0.2) is 22.9 Å². The average molecular weight is 333 g/mol. The van der Waals surface area contributed by atoms with Crippen molar-refractivity contribution in [1.29, 1.82) is 0 Å². The lowest BCUT2D eigenvalue weighted by Crippen LogP contribution is -2.41. The summed E-state index contributed by atoms with van der Waals surface area (Å²) in [4.78, 5) is 0. The van der Waals surface area contributed by atoms with Gasteiger partial charge in [-0.2, -0.15) is 0 Å². The Kier molecular flexibility index (Phi) is 3.78. The predicted octanol–water partition coefficient (Wildman–Crippen LogP) is 3.99. The summed E-state index contributed by atoms with van der Waals surface area (Å²) in [6, 6.07) is 19.1. The van der Waals surface area contributed by atoms with Gasteiger partial charge in [0.25, 0.3) is 0 Å². The molecule has 0 atom stereocenters. The van der Waals surface area contributed by atoms with Crippen LogP contribution in [0.25, 0.3) is 10.9 Å². The summed E-state index contributed by atoms with van der Waals surface area (Å²) >= 11 is 0. The quantitative estimate of drug-likeness (QED) is 0.677. The molecule has 4 rings (SSSR count). The summed E-state index contributed by atoms with van der Waals surface area (Å²) in [6.07, 6.45) is 2.14. The van der Waals surface area contributed by atoms with Gasteiger partial charge >= 0.3 is 7.12 Å². The van der Waals surface area contributed by atoms with Crippen LogP contribution in [0.3, 0.4) is 0 Å². The second-order valence-electron chi connectivity index (χ2n) is 7.84. The number of hydrogen-bond donors (Lipinski definition) is 0. The highest BCUT2D eigenvalue weighted by molar-refractivity contribution is 6.62. The van der Waals surface area contributed by atoms with Gasteiger partial charge in [-0.15, -0.1) is 0 Å². The van der Waals surface area contributed by atoms with Crippen molar-refractivity contribution in [2.45, 2.75) is 45.4 Å². The van der Waals surface area contributed by atoms with Crippen molar-refractivity contribution in [3.8, 4) is 0 Å². The Morgan fingerprint density at radius 2 is 1.56 bits per heavy atom. The van der Waals surface area contributed by atoms with E-state index in [0.29, 0.717) is 0 Å². The first-order valence-corrected chi connectivity index (χ1v) is 8.84. The zero-order valence-electron chi connectivity index (χ0n) is 15.3. The lowest BCUT2D eigenvalue weighted by atomic mass is 9.79. The number of hydrogen-bond acceptors (Lipinski definition) is 2. The summed E-state index contributed by atoms with van der Waals surface area (Å²) in [5.74, 6) is 0. The molecule has 2 aromatic carbocycles. The van der Waals surface area contributed by atoms with E-state index in [9.17, 15) is 0 Å². The maximum absolute atomic E-state index is 6.20. The topological polar surface area (TPSA) is 23.4 Å². The molecule has 2 heterocycles. The molecule has 0 N–H and O–H groups in total. The van der Waals surface area contributed by atoms with Crippen LogP contribution < -0.4 is 5.46 Å². The van der Waals surface area contributed by atoms with Crippen LogP contribution in [0.5, 0.6) is 0 Å². The number of aromatic nitrogens is 1. The highest BCUT2D eigenvalue weighted by atomic mass is 16.7. The van der Waals surface area contributed by atoms with E-state index >= 15 is 0 Å². The molecule has 1 aromatic heterocycles. The molecule has 0 bridgehead atoms. The van der Waals surface area contributed by atoms with Crippen LogP contribution in [0.4, 0.5) is 0 Å². The van der Waals surface area contributed by atoms with Crippen LogP contribution >= 0.6 is 0 Å². The normalized spacial score (nSPS) is 18.8. The highest BCUT2D eigenvalue weighted by Gasteiger charge is 2.51. The van der Waals surface area contributed by atoms with Crippen molar-refractivity contribution in [2.75, 3.05) is 0 Å². The summed E-state index contributed by atoms with van der Waals surface area (Å²) in [7, 11) is -0.325. The summed E-state index contributed by atoms with van der Waals surface area (Å²) < 4.78 is 14.7. The Labute approximate surface area is 149 Å². The van der Waals surface area contributed by atoms with Crippen LogP contribution in [0.2, 0.25) is 0 Å². The molecule has 25 heavy (non-hydrogen) atoms. The minimum absolute atomic E-state index is 0.321. The van der Waals surface area contributed by atoms with E-state index < -0.39 is 0 Å². The fourth-order valence-electron chi connectivity index (χ4n) is 3.24. The molecule has 1 fully saturated rings. The lowest BCUT2D eigenvalue weighted by molar-refractivity contribution is 0.00578. The number of nitrogens with zero attached hydrogens (tertiary/aromatic N) is 1. The molecule has 1 aliphatic rings. The van der Waals surface area contributed by atoms with Crippen molar-refractivity contribution in [2.24, 2.45) is 0 Å². The van der Waals surface area contributed by atoms with Crippen LogP contribution in [0.15, 0.2) is 60.8 Å². The minimum atomic E-state index is -0.325. The van der Waals surface area contributed by atoms with Crippen molar-refractivity contribution < 1.29 is 9.31 Å². The van der Waals surface area contributed by atoms with Crippen molar-refractivity contribution >= 4 is 23.5 Å². The fourth-order valence-corrected chi connectivity index (χ4v) is 3.24. The Morgan fingerprint density at radius 3 is 2.24 bits per heavy atom. The smallest absolute Gasteiger partial charge is 0.399 e. The summed E-state index contributed by atoms with van der Waals surface area (Å²) in [5.41, 5.74) is 2.92. The molecule has 128 valence electrons. The minimum Gasteiger partial charge on any atom is -0.399 e. The zero-order valence-corrected chi connectivity index (χ0v) is 15.3. The van der Waals surface area contributed by atoms with E-state index in [1.807, 2.05) is 6.07 Å². The molecule has 0 radical (unpaired) electrons. The largest absolute Gasteiger partial charge is 0.494 e. The van der Waals surface area contributed by atoms with Crippen molar-refractivity contribution in [1.82, 2.24) is 4.57 Å². The van der Waals surface area contributed by atoms with Gasteiger partial charge in [0, 0.05) is 18.3 Å². The molecular weight excluding hydrogens is 309 g/mol. The molecule has 0 aliphatic carbocycles. The SMILES string of the molecule is CC1(C)OB(c2ccc3ccn(Cc4ccccc4)c3c2)OC1(C)C. The third-order valence-electron chi connectivity index (χ3n) is 5.52. The Hall–Kier alpha value is -2.04.